The number of carbonyl (C=O) groups is 1. The minimum Gasteiger partial charge on any atom is -0.486 e. The summed E-state index contributed by atoms with van der Waals surface area (Å²) in [7, 11) is 0. The fraction of sp³-hybridized carbons (Fsp3) is 0.367. The van der Waals surface area contributed by atoms with Crippen LogP contribution in [-0.2, 0) is 0 Å². The molecule has 3 N–H and O–H groups in total. The van der Waals surface area contributed by atoms with E-state index in [2.05, 4.69) is 27.1 Å². The Labute approximate surface area is 226 Å². The quantitative estimate of drug-likeness (QED) is 0.392. The maximum Gasteiger partial charge on any atom is 0.258 e. The zero-order valence-electron chi connectivity index (χ0n) is 22.0. The van der Waals surface area contributed by atoms with Gasteiger partial charge in [0.25, 0.3) is 5.91 Å². The molecule has 9 heteroatoms. The number of aromatic nitrogens is 2. The summed E-state index contributed by atoms with van der Waals surface area (Å²) in [6.45, 7) is 4.55. The number of nitrogen functional groups attached to an aromatic ring is 1. The molecular weight excluding hydrogens is 500 g/mol. The van der Waals surface area contributed by atoms with Crippen LogP contribution in [0.5, 0.6) is 5.75 Å². The van der Waals surface area contributed by atoms with Crippen LogP contribution >= 0.6 is 0 Å². The molecule has 0 radical (unpaired) electrons. The number of benzene rings is 2. The lowest BCUT2D eigenvalue weighted by Gasteiger charge is -2.23. The Bertz CT molecular complexity index is 1450. The van der Waals surface area contributed by atoms with Gasteiger partial charge in [0.05, 0.1) is 12.1 Å². The van der Waals surface area contributed by atoms with Crippen LogP contribution in [0.4, 0.5) is 20.3 Å². The highest BCUT2D eigenvalue weighted by atomic mass is 19.1. The first-order chi connectivity index (χ1) is 18.9. The summed E-state index contributed by atoms with van der Waals surface area (Å²) in [5.41, 5.74) is 9.43. The number of nitrogens with one attached hydrogen (secondary N) is 1. The molecular formula is C30H31F2N5O2. The van der Waals surface area contributed by atoms with Crippen molar-refractivity contribution in [3.8, 4) is 28.8 Å². The third-order valence-corrected chi connectivity index (χ3v) is 7.31. The van der Waals surface area contributed by atoms with Gasteiger partial charge < -0.3 is 15.8 Å². The molecule has 1 aliphatic heterocycles. The van der Waals surface area contributed by atoms with Crippen LogP contribution in [0, 0.1) is 24.6 Å². The summed E-state index contributed by atoms with van der Waals surface area (Å²) < 4.78 is 35.0. The number of hydrogen-bond acceptors (Lipinski definition) is 6. The fourth-order valence-corrected chi connectivity index (χ4v) is 4.97. The first kappa shape index (κ1) is 26.6. The molecule has 202 valence electrons. The molecule has 1 amide bonds. The minimum atomic E-state index is -0.946. The van der Waals surface area contributed by atoms with Crippen molar-refractivity contribution in [3.05, 3.63) is 65.2 Å². The zero-order valence-corrected chi connectivity index (χ0v) is 22.0. The predicted molar refractivity (Wildman–Crippen MR) is 147 cm³/mol. The second-order valence-electron chi connectivity index (χ2n) is 10.0. The third kappa shape index (κ3) is 5.86. The SMILES string of the molecule is CC#CCN1C[C@H](F)C[C@H]1COc1c(N)ncnc1-c1cccc(NC(=O)c2ccc(C3CC3)cc2F)c1C. The molecule has 2 atom stereocenters. The van der Waals surface area contributed by atoms with Crippen LogP contribution in [0.15, 0.2) is 42.7 Å². The van der Waals surface area contributed by atoms with Crippen molar-refractivity contribution >= 4 is 17.4 Å². The molecule has 2 aromatic carbocycles. The van der Waals surface area contributed by atoms with Crippen molar-refractivity contribution in [2.24, 2.45) is 0 Å². The Kier molecular flexibility index (Phi) is 7.75. The molecule has 1 saturated heterocycles. The highest BCUT2D eigenvalue weighted by molar-refractivity contribution is 6.05. The van der Waals surface area contributed by atoms with Gasteiger partial charge in [-0.25, -0.2) is 18.7 Å². The van der Waals surface area contributed by atoms with Gasteiger partial charge >= 0.3 is 0 Å². The lowest BCUT2D eigenvalue weighted by atomic mass is 10.0. The van der Waals surface area contributed by atoms with Crippen LogP contribution in [-0.4, -0.2) is 52.7 Å². The first-order valence-electron chi connectivity index (χ1n) is 13.1. The Hall–Kier alpha value is -4.03. The van der Waals surface area contributed by atoms with Crippen LogP contribution in [0.25, 0.3) is 11.3 Å². The second kappa shape index (κ2) is 11.4. The van der Waals surface area contributed by atoms with E-state index >= 15 is 0 Å². The van der Waals surface area contributed by atoms with Gasteiger partial charge in [-0.05, 0) is 68.4 Å². The van der Waals surface area contributed by atoms with E-state index in [1.165, 1.54) is 18.5 Å². The average molecular weight is 532 g/mol. The minimum absolute atomic E-state index is 0.0143. The van der Waals surface area contributed by atoms with E-state index in [4.69, 9.17) is 10.5 Å². The maximum absolute atomic E-state index is 14.7. The number of nitrogens with two attached hydrogens (primary N) is 1. The number of nitrogens with zero attached hydrogens (tertiary/aromatic N) is 3. The van der Waals surface area contributed by atoms with E-state index in [1.54, 1.807) is 19.1 Å². The largest absolute Gasteiger partial charge is 0.486 e. The molecule has 1 aliphatic carbocycles. The first-order valence-corrected chi connectivity index (χ1v) is 13.1. The summed E-state index contributed by atoms with van der Waals surface area (Å²) in [6.07, 6.45) is 2.85. The number of anilines is 2. The molecule has 2 heterocycles. The van der Waals surface area contributed by atoms with Crippen molar-refractivity contribution in [2.75, 3.05) is 30.7 Å². The molecule has 1 saturated carbocycles. The number of likely N-dealkylation sites (tertiary alicyclic amines) is 1. The van der Waals surface area contributed by atoms with Crippen LogP contribution in [0.1, 0.15) is 53.6 Å². The predicted octanol–water partition coefficient (Wildman–Crippen LogP) is 5.12. The van der Waals surface area contributed by atoms with Gasteiger partial charge in [0.2, 0.25) is 0 Å². The van der Waals surface area contributed by atoms with Gasteiger partial charge in [-0.2, -0.15) is 0 Å². The van der Waals surface area contributed by atoms with E-state index in [-0.39, 0.29) is 29.8 Å². The van der Waals surface area contributed by atoms with Crippen LogP contribution in [0.2, 0.25) is 0 Å². The number of rotatable bonds is 8. The standard InChI is InChI=1S/C30H31F2N5O2/c1-3-4-12-37-15-21(31)14-22(37)16-39-28-27(34-17-35-29(28)33)23-6-5-7-26(18(23)2)36-30(38)24-11-10-20(13-25(24)32)19-8-9-19/h5-7,10-11,13,17,19,21-22H,8-9,12,14-16H2,1-2H3,(H,36,38)(H2,33,34,35)/t21-,22+/m1/s1. The summed E-state index contributed by atoms with van der Waals surface area (Å²) in [6, 6.07) is 9.98. The maximum atomic E-state index is 14.7. The van der Waals surface area contributed by atoms with Crippen molar-refractivity contribution in [1.82, 2.24) is 14.9 Å². The summed E-state index contributed by atoms with van der Waals surface area (Å²) >= 11 is 0. The molecule has 5 rings (SSSR count). The van der Waals surface area contributed by atoms with Crippen molar-refractivity contribution < 1.29 is 18.3 Å². The summed E-state index contributed by atoms with van der Waals surface area (Å²) in [5.74, 6) is 5.60. The van der Waals surface area contributed by atoms with Gasteiger partial charge in [-0.3, -0.25) is 9.69 Å². The number of ether oxygens (including phenoxy) is 1. The molecule has 0 unspecified atom stereocenters. The van der Waals surface area contributed by atoms with Gasteiger partial charge in [0, 0.05) is 23.8 Å². The normalized spacial score (nSPS) is 18.9. The van der Waals surface area contributed by atoms with E-state index in [1.807, 2.05) is 24.0 Å². The molecule has 7 nitrogen and oxygen atoms in total. The number of halogens is 2. The lowest BCUT2D eigenvalue weighted by molar-refractivity contribution is 0.102. The van der Waals surface area contributed by atoms with Gasteiger partial charge in [0.1, 0.15) is 30.6 Å². The number of carbonyl (C=O) groups excluding carboxylic acids is 1. The summed E-state index contributed by atoms with van der Waals surface area (Å²) in [5, 5.41) is 2.83. The smallest absolute Gasteiger partial charge is 0.258 e. The fourth-order valence-electron chi connectivity index (χ4n) is 4.97. The molecule has 0 spiro atoms. The van der Waals surface area contributed by atoms with Crippen LogP contribution < -0.4 is 15.8 Å². The Balaban J connectivity index is 1.37. The molecule has 1 aromatic heterocycles. The van der Waals surface area contributed by atoms with Crippen LogP contribution in [0.3, 0.4) is 0 Å². The second-order valence-corrected chi connectivity index (χ2v) is 10.0. The lowest BCUT2D eigenvalue weighted by Crippen LogP contribution is -2.34. The van der Waals surface area contributed by atoms with Gasteiger partial charge in [-0.1, -0.05) is 24.1 Å². The van der Waals surface area contributed by atoms with Gasteiger partial charge in [-0.15, -0.1) is 5.92 Å². The Morgan fingerprint density at radius 3 is 2.82 bits per heavy atom. The zero-order chi connectivity index (χ0) is 27.5. The Morgan fingerprint density at radius 1 is 1.26 bits per heavy atom. The monoisotopic (exact) mass is 531 g/mol. The molecule has 3 aromatic rings. The van der Waals surface area contributed by atoms with Crippen molar-refractivity contribution in [3.63, 3.8) is 0 Å². The average Bonchev–Trinajstić information content (AvgIpc) is 3.70. The molecule has 0 bridgehead atoms. The Morgan fingerprint density at radius 2 is 2.08 bits per heavy atom. The number of alkyl halides is 1. The van der Waals surface area contributed by atoms with E-state index in [0.29, 0.717) is 47.9 Å². The van der Waals surface area contributed by atoms with Crippen molar-refractivity contribution in [1.29, 1.82) is 0 Å². The van der Waals surface area contributed by atoms with Gasteiger partial charge in [0.15, 0.2) is 11.6 Å². The van der Waals surface area contributed by atoms with Crippen molar-refractivity contribution in [2.45, 2.75) is 51.2 Å². The van der Waals surface area contributed by atoms with E-state index in [0.717, 1.165) is 18.4 Å². The molecule has 2 fully saturated rings. The van der Waals surface area contributed by atoms with E-state index < -0.39 is 17.9 Å². The molecule has 39 heavy (non-hydrogen) atoms. The highest BCUT2D eigenvalue weighted by Crippen LogP contribution is 2.40. The topological polar surface area (TPSA) is 93.4 Å². The third-order valence-electron chi connectivity index (χ3n) is 7.31. The number of hydrogen-bond donors (Lipinski definition) is 2. The number of amides is 1. The summed E-state index contributed by atoms with van der Waals surface area (Å²) in [4.78, 5) is 23.4. The highest BCUT2D eigenvalue weighted by Gasteiger charge is 2.32. The van der Waals surface area contributed by atoms with E-state index in [9.17, 15) is 13.6 Å². The molecule has 2 aliphatic rings.